The first-order chi connectivity index (χ1) is 8.00. The number of aliphatic carboxylic acids is 1. The predicted molar refractivity (Wildman–Crippen MR) is 63.2 cm³/mol. The van der Waals surface area contributed by atoms with Crippen LogP contribution in [0.1, 0.15) is 27.2 Å². The van der Waals surface area contributed by atoms with Crippen LogP contribution in [-0.2, 0) is 19.7 Å². The minimum atomic E-state index is -4.14. The van der Waals surface area contributed by atoms with Crippen LogP contribution in [0, 0.1) is 0 Å². The number of rotatable bonds is 5. The Balaban J connectivity index is 5.07. The van der Waals surface area contributed by atoms with Gasteiger partial charge in [0.2, 0.25) is 0 Å². The Kier molecular flexibility index (Phi) is 5.55. The molecule has 0 saturated carbocycles. The standard InChI is InChI=1S/C9H18N2O6S/c1-9(2,3)11(6-5-7(12)13)18(15,16)10-8(14)17-4/h5-6H2,1-4H3,(H,10,14)(H,12,13). The van der Waals surface area contributed by atoms with Gasteiger partial charge in [-0.05, 0) is 20.8 Å². The fourth-order valence-electron chi connectivity index (χ4n) is 1.22. The lowest BCUT2D eigenvalue weighted by Crippen LogP contribution is -2.52. The molecule has 9 heteroatoms. The minimum absolute atomic E-state index is 0.245. The van der Waals surface area contributed by atoms with Gasteiger partial charge < -0.3 is 9.84 Å². The summed E-state index contributed by atoms with van der Waals surface area (Å²) in [4.78, 5) is 21.4. The zero-order chi connectivity index (χ0) is 14.6. The van der Waals surface area contributed by atoms with Crippen LogP contribution in [0.15, 0.2) is 0 Å². The fourth-order valence-corrected chi connectivity index (χ4v) is 2.67. The van der Waals surface area contributed by atoms with Crippen molar-refractivity contribution in [3.63, 3.8) is 0 Å². The minimum Gasteiger partial charge on any atom is -0.481 e. The number of ether oxygens (including phenoxy) is 1. The molecule has 0 aliphatic rings. The van der Waals surface area contributed by atoms with E-state index in [2.05, 4.69) is 4.74 Å². The number of hydrogen-bond acceptors (Lipinski definition) is 5. The van der Waals surface area contributed by atoms with Gasteiger partial charge in [-0.1, -0.05) is 0 Å². The number of carboxylic acid groups (broad SMARTS) is 1. The Labute approximate surface area is 106 Å². The maximum absolute atomic E-state index is 11.9. The average Bonchev–Trinajstić information content (AvgIpc) is 2.13. The molecule has 106 valence electrons. The molecule has 0 saturated heterocycles. The number of nitrogens with zero attached hydrogens (tertiary/aromatic N) is 1. The molecule has 0 radical (unpaired) electrons. The van der Waals surface area contributed by atoms with Crippen molar-refractivity contribution in [3.05, 3.63) is 0 Å². The first-order valence-electron chi connectivity index (χ1n) is 5.11. The monoisotopic (exact) mass is 282 g/mol. The van der Waals surface area contributed by atoms with E-state index in [1.807, 2.05) is 0 Å². The van der Waals surface area contributed by atoms with Crippen molar-refractivity contribution in [2.75, 3.05) is 13.7 Å². The molecule has 1 amide bonds. The molecule has 0 aromatic heterocycles. The van der Waals surface area contributed by atoms with E-state index in [-0.39, 0.29) is 13.0 Å². The van der Waals surface area contributed by atoms with Gasteiger partial charge in [0.25, 0.3) is 0 Å². The van der Waals surface area contributed by atoms with Crippen molar-refractivity contribution in [1.29, 1.82) is 0 Å². The van der Waals surface area contributed by atoms with Crippen molar-refractivity contribution in [1.82, 2.24) is 9.03 Å². The molecule has 0 rings (SSSR count). The van der Waals surface area contributed by atoms with Crippen LogP contribution >= 0.6 is 0 Å². The molecule has 0 heterocycles. The Morgan fingerprint density at radius 3 is 2.17 bits per heavy atom. The summed E-state index contributed by atoms with van der Waals surface area (Å²) in [5.74, 6) is -1.13. The highest BCUT2D eigenvalue weighted by molar-refractivity contribution is 7.87. The fraction of sp³-hybridized carbons (Fsp3) is 0.778. The van der Waals surface area contributed by atoms with Gasteiger partial charge in [0.1, 0.15) is 0 Å². The zero-order valence-electron chi connectivity index (χ0n) is 10.8. The highest BCUT2D eigenvalue weighted by Gasteiger charge is 2.34. The van der Waals surface area contributed by atoms with E-state index < -0.39 is 27.8 Å². The second-order valence-corrected chi connectivity index (χ2v) is 6.08. The van der Waals surface area contributed by atoms with Gasteiger partial charge in [0, 0.05) is 12.1 Å². The molecular formula is C9H18N2O6S. The highest BCUT2D eigenvalue weighted by Crippen LogP contribution is 2.17. The number of carbonyl (C=O) groups excluding carboxylic acids is 1. The largest absolute Gasteiger partial charge is 0.481 e. The number of amides is 1. The SMILES string of the molecule is COC(=O)NS(=O)(=O)N(CCC(=O)O)C(C)(C)C. The Hall–Kier alpha value is -1.35. The van der Waals surface area contributed by atoms with E-state index in [4.69, 9.17) is 5.11 Å². The molecule has 0 spiro atoms. The van der Waals surface area contributed by atoms with E-state index in [1.54, 1.807) is 25.5 Å². The van der Waals surface area contributed by atoms with E-state index in [1.165, 1.54) is 0 Å². The highest BCUT2D eigenvalue weighted by atomic mass is 32.2. The normalized spacial score (nSPS) is 12.3. The van der Waals surface area contributed by atoms with Crippen molar-refractivity contribution in [2.45, 2.75) is 32.7 Å². The summed E-state index contributed by atoms with van der Waals surface area (Å²) < 4.78 is 30.5. The first-order valence-corrected chi connectivity index (χ1v) is 6.55. The van der Waals surface area contributed by atoms with Crippen LogP contribution in [0.25, 0.3) is 0 Å². The maximum atomic E-state index is 11.9. The summed E-state index contributed by atoms with van der Waals surface area (Å²) in [6, 6.07) is 0. The van der Waals surface area contributed by atoms with Gasteiger partial charge in [-0.15, -0.1) is 0 Å². The summed E-state index contributed by atoms with van der Waals surface area (Å²) in [5.41, 5.74) is -0.866. The molecule has 0 aliphatic carbocycles. The Bertz CT molecular complexity index is 411. The quantitative estimate of drug-likeness (QED) is 0.742. The number of nitrogens with one attached hydrogen (secondary N) is 1. The summed E-state index contributed by atoms with van der Waals surface area (Å²) in [7, 11) is -3.11. The average molecular weight is 282 g/mol. The molecule has 8 nitrogen and oxygen atoms in total. The van der Waals surface area contributed by atoms with Crippen molar-refractivity contribution >= 4 is 22.3 Å². The van der Waals surface area contributed by atoms with Gasteiger partial charge in [-0.25, -0.2) is 9.52 Å². The van der Waals surface area contributed by atoms with E-state index in [0.717, 1.165) is 11.4 Å². The van der Waals surface area contributed by atoms with Crippen molar-refractivity contribution in [2.24, 2.45) is 0 Å². The maximum Gasteiger partial charge on any atom is 0.421 e. The number of methoxy groups -OCH3 is 1. The Morgan fingerprint density at radius 2 is 1.83 bits per heavy atom. The summed E-state index contributed by atoms with van der Waals surface area (Å²) in [6.45, 7) is 4.52. The van der Waals surface area contributed by atoms with Crippen LogP contribution in [0.4, 0.5) is 4.79 Å². The molecule has 0 atom stereocenters. The van der Waals surface area contributed by atoms with E-state index in [9.17, 15) is 18.0 Å². The third-order valence-electron chi connectivity index (χ3n) is 1.96. The molecule has 0 aromatic carbocycles. The van der Waals surface area contributed by atoms with Gasteiger partial charge >= 0.3 is 22.3 Å². The lowest BCUT2D eigenvalue weighted by atomic mass is 10.1. The molecule has 0 fully saturated rings. The predicted octanol–water partition coefficient (Wildman–Crippen LogP) is 0.162. The Morgan fingerprint density at radius 1 is 1.33 bits per heavy atom. The molecule has 0 bridgehead atoms. The lowest BCUT2D eigenvalue weighted by molar-refractivity contribution is -0.137. The topological polar surface area (TPSA) is 113 Å². The zero-order valence-corrected chi connectivity index (χ0v) is 11.6. The number of carbonyl (C=O) groups is 2. The van der Waals surface area contributed by atoms with Gasteiger partial charge in [0.15, 0.2) is 0 Å². The summed E-state index contributed by atoms with van der Waals surface area (Å²) >= 11 is 0. The summed E-state index contributed by atoms with van der Waals surface area (Å²) in [5, 5.41) is 8.59. The second-order valence-electron chi connectivity index (χ2n) is 4.49. The van der Waals surface area contributed by atoms with E-state index in [0.29, 0.717) is 0 Å². The third-order valence-corrected chi connectivity index (χ3v) is 3.70. The number of hydrogen-bond donors (Lipinski definition) is 2. The molecule has 0 aromatic rings. The van der Waals surface area contributed by atoms with Crippen LogP contribution in [-0.4, -0.2) is 49.1 Å². The van der Waals surface area contributed by atoms with Gasteiger partial charge in [0.05, 0.1) is 13.5 Å². The molecule has 18 heavy (non-hydrogen) atoms. The van der Waals surface area contributed by atoms with Gasteiger partial charge in [-0.2, -0.15) is 12.7 Å². The third kappa shape index (κ3) is 5.32. The van der Waals surface area contributed by atoms with Gasteiger partial charge in [-0.3, -0.25) is 4.79 Å². The summed E-state index contributed by atoms with van der Waals surface area (Å²) in [6.07, 6.45) is -1.49. The molecule has 0 aliphatic heterocycles. The lowest BCUT2D eigenvalue weighted by Gasteiger charge is -2.33. The van der Waals surface area contributed by atoms with Crippen molar-refractivity contribution in [3.8, 4) is 0 Å². The first kappa shape index (κ1) is 16.6. The molecule has 2 N–H and O–H groups in total. The van der Waals surface area contributed by atoms with Crippen LogP contribution in [0.3, 0.4) is 0 Å². The van der Waals surface area contributed by atoms with Crippen LogP contribution in [0.2, 0.25) is 0 Å². The number of carboxylic acids is 1. The van der Waals surface area contributed by atoms with E-state index >= 15 is 0 Å². The molecular weight excluding hydrogens is 264 g/mol. The van der Waals surface area contributed by atoms with Crippen LogP contribution < -0.4 is 4.72 Å². The molecule has 0 unspecified atom stereocenters. The second kappa shape index (κ2) is 6.01. The van der Waals surface area contributed by atoms with Crippen molar-refractivity contribution < 1.29 is 27.9 Å². The smallest absolute Gasteiger partial charge is 0.421 e. The van der Waals surface area contributed by atoms with Crippen LogP contribution in [0.5, 0.6) is 0 Å².